The monoisotopic (exact) mass is 405 g/mol. The molecule has 7 heteroatoms. The van der Waals surface area contributed by atoms with E-state index in [0.29, 0.717) is 24.5 Å². The maximum Gasteiger partial charge on any atom is 0.416 e. The van der Waals surface area contributed by atoms with E-state index < -0.39 is 23.7 Å². The van der Waals surface area contributed by atoms with Gasteiger partial charge in [-0.25, -0.2) is 9.18 Å². The molecule has 2 unspecified atom stereocenters. The molecule has 4 rings (SSSR count). The molecule has 0 spiro atoms. The number of hydrogen-bond acceptors (Lipinski definition) is 2. The van der Waals surface area contributed by atoms with Gasteiger partial charge in [-0.05, 0) is 54.2 Å². The summed E-state index contributed by atoms with van der Waals surface area (Å²) in [6, 6.07) is 11.5. The molecular formula is C22H19F4NO2. The van der Waals surface area contributed by atoms with E-state index in [1.54, 1.807) is 11.0 Å². The second-order valence-corrected chi connectivity index (χ2v) is 7.37. The van der Waals surface area contributed by atoms with Gasteiger partial charge in [0.05, 0.1) is 11.6 Å². The number of rotatable bonds is 3. The normalized spacial score (nSPS) is 21.1. The molecule has 0 saturated carbocycles. The average Bonchev–Trinajstić information content (AvgIpc) is 2.95. The van der Waals surface area contributed by atoms with Crippen molar-refractivity contribution in [1.29, 1.82) is 0 Å². The fourth-order valence-electron chi connectivity index (χ4n) is 4.06. The van der Waals surface area contributed by atoms with Gasteiger partial charge in [-0.1, -0.05) is 36.4 Å². The first-order chi connectivity index (χ1) is 13.8. The lowest BCUT2D eigenvalue weighted by Gasteiger charge is -2.33. The third kappa shape index (κ3) is 4.13. The Balaban J connectivity index is 1.52. The van der Waals surface area contributed by atoms with Gasteiger partial charge in [0.25, 0.3) is 0 Å². The molecule has 2 bridgehead atoms. The highest BCUT2D eigenvalue weighted by molar-refractivity contribution is 5.75. The Labute approximate surface area is 165 Å². The van der Waals surface area contributed by atoms with Crippen molar-refractivity contribution in [3.05, 3.63) is 77.1 Å². The van der Waals surface area contributed by atoms with Crippen molar-refractivity contribution < 1.29 is 27.1 Å². The number of fused-ring (bicyclic) bond motifs is 2. The first-order valence-electron chi connectivity index (χ1n) is 9.39. The van der Waals surface area contributed by atoms with Gasteiger partial charge in [-0.2, -0.15) is 13.2 Å². The fourth-order valence-corrected chi connectivity index (χ4v) is 4.06. The number of carbonyl (C=O) groups is 1. The topological polar surface area (TPSA) is 29.5 Å². The highest BCUT2D eigenvalue weighted by Gasteiger charge is 2.41. The van der Waals surface area contributed by atoms with Crippen LogP contribution in [0.3, 0.4) is 0 Å². The molecule has 0 N–H and O–H groups in total. The number of amides is 1. The molecule has 1 amide bonds. The summed E-state index contributed by atoms with van der Waals surface area (Å²) in [6.07, 6.45) is -1.48. The van der Waals surface area contributed by atoms with Crippen LogP contribution in [-0.4, -0.2) is 23.1 Å². The summed E-state index contributed by atoms with van der Waals surface area (Å²) >= 11 is 0. The first kappa shape index (κ1) is 19.5. The third-order valence-electron chi connectivity index (χ3n) is 5.41. The van der Waals surface area contributed by atoms with E-state index in [0.717, 1.165) is 24.1 Å². The standard InChI is InChI=1S/C22H19F4NO2/c23-18-9-15(8-17(12-18)22(24,25)26)16-10-19-6-7-20(11-16)27(19)21(28)29-13-14-4-2-1-3-5-14/h1-5,8-10,12,19-20H,6-7,11,13H2. The summed E-state index contributed by atoms with van der Waals surface area (Å²) in [6.45, 7) is 0.158. The fraction of sp³-hybridized carbons (Fsp3) is 0.318. The van der Waals surface area contributed by atoms with E-state index in [1.165, 1.54) is 0 Å². The Kier molecular flexibility index (Phi) is 5.06. The minimum absolute atomic E-state index is 0.158. The second kappa shape index (κ2) is 7.54. The number of nitrogens with zero attached hydrogens (tertiary/aromatic N) is 1. The summed E-state index contributed by atoms with van der Waals surface area (Å²) in [5.74, 6) is -0.923. The zero-order valence-electron chi connectivity index (χ0n) is 15.5. The van der Waals surface area contributed by atoms with Crippen LogP contribution in [0, 0.1) is 5.82 Å². The van der Waals surface area contributed by atoms with Crippen LogP contribution in [0.15, 0.2) is 54.6 Å². The van der Waals surface area contributed by atoms with Crippen LogP contribution in [0.1, 0.15) is 36.0 Å². The van der Waals surface area contributed by atoms with E-state index in [2.05, 4.69) is 0 Å². The molecule has 152 valence electrons. The number of carbonyl (C=O) groups excluding carboxylic acids is 1. The van der Waals surface area contributed by atoms with Crippen molar-refractivity contribution in [2.24, 2.45) is 0 Å². The SMILES string of the molecule is O=C(OCc1ccccc1)N1C2C=C(c3cc(F)cc(C(F)(F)F)c3)CC1CC2. The number of halogens is 4. The highest BCUT2D eigenvalue weighted by atomic mass is 19.4. The molecule has 0 aliphatic carbocycles. The second-order valence-electron chi connectivity index (χ2n) is 7.37. The van der Waals surface area contributed by atoms with Crippen LogP contribution in [0.5, 0.6) is 0 Å². The van der Waals surface area contributed by atoms with Gasteiger partial charge in [-0.3, -0.25) is 4.90 Å². The molecule has 2 aromatic rings. The molecule has 0 aromatic heterocycles. The van der Waals surface area contributed by atoms with Gasteiger partial charge in [0.15, 0.2) is 0 Å². The van der Waals surface area contributed by atoms with Gasteiger partial charge in [0.2, 0.25) is 0 Å². The predicted molar refractivity (Wildman–Crippen MR) is 99.3 cm³/mol. The van der Waals surface area contributed by atoms with Gasteiger partial charge in [0, 0.05) is 6.04 Å². The van der Waals surface area contributed by atoms with Gasteiger partial charge < -0.3 is 4.74 Å². The van der Waals surface area contributed by atoms with Crippen molar-refractivity contribution in [3.63, 3.8) is 0 Å². The quantitative estimate of drug-likeness (QED) is 0.604. The lowest BCUT2D eigenvalue weighted by Crippen LogP contribution is -2.43. The van der Waals surface area contributed by atoms with Crippen molar-refractivity contribution in [2.75, 3.05) is 0 Å². The van der Waals surface area contributed by atoms with Crippen LogP contribution in [0.25, 0.3) is 5.57 Å². The van der Waals surface area contributed by atoms with E-state index in [-0.39, 0.29) is 24.3 Å². The van der Waals surface area contributed by atoms with Crippen molar-refractivity contribution >= 4 is 11.7 Å². The molecule has 2 aliphatic rings. The van der Waals surface area contributed by atoms with E-state index >= 15 is 0 Å². The highest BCUT2D eigenvalue weighted by Crippen LogP contribution is 2.40. The van der Waals surface area contributed by atoms with E-state index in [4.69, 9.17) is 4.74 Å². The summed E-state index contributed by atoms with van der Waals surface area (Å²) in [5, 5.41) is 0. The zero-order valence-corrected chi connectivity index (χ0v) is 15.5. The number of hydrogen-bond donors (Lipinski definition) is 0. The van der Waals surface area contributed by atoms with Gasteiger partial charge in [0.1, 0.15) is 12.4 Å². The zero-order chi connectivity index (χ0) is 20.6. The maximum absolute atomic E-state index is 13.8. The van der Waals surface area contributed by atoms with Gasteiger partial charge in [-0.15, -0.1) is 0 Å². The van der Waals surface area contributed by atoms with Crippen molar-refractivity contribution in [1.82, 2.24) is 4.90 Å². The molecule has 0 radical (unpaired) electrons. The summed E-state index contributed by atoms with van der Waals surface area (Å²) in [4.78, 5) is 14.2. The molecular weight excluding hydrogens is 386 g/mol. The van der Waals surface area contributed by atoms with Crippen molar-refractivity contribution in [2.45, 2.75) is 44.1 Å². The van der Waals surface area contributed by atoms with Crippen LogP contribution in [-0.2, 0) is 17.5 Å². The lowest BCUT2D eigenvalue weighted by molar-refractivity contribution is -0.137. The first-order valence-corrected chi connectivity index (χ1v) is 9.39. The smallest absolute Gasteiger partial charge is 0.416 e. The summed E-state index contributed by atoms with van der Waals surface area (Å²) in [7, 11) is 0. The molecule has 2 aromatic carbocycles. The molecule has 2 atom stereocenters. The molecule has 29 heavy (non-hydrogen) atoms. The Morgan fingerprint density at radius 1 is 1.10 bits per heavy atom. The largest absolute Gasteiger partial charge is 0.445 e. The summed E-state index contributed by atoms with van der Waals surface area (Å²) < 4.78 is 58.3. The predicted octanol–water partition coefficient (Wildman–Crippen LogP) is 5.80. The third-order valence-corrected chi connectivity index (χ3v) is 5.41. The summed E-state index contributed by atoms with van der Waals surface area (Å²) in [5.41, 5.74) is 0.715. The lowest BCUT2D eigenvalue weighted by atomic mass is 9.93. The van der Waals surface area contributed by atoms with Crippen LogP contribution in [0.2, 0.25) is 0 Å². The Morgan fingerprint density at radius 2 is 1.86 bits per heavy atom. The van der Waals surface area contributed by atoms with E-state index in [9.17, 15) is 22.4 Å². The Morgan fingerprint density at radius 3 is 2.55 bits per heavy atom. The minimum Gasteiger partial charge on any atom is -0.445 e. The van der Waals surface area contributed by atoms with Crippen molar-refractivity contribution in [3.8, 4) is 0 Å². The molecule has 1 fully saturated rings. The number of alkyl halides is 3. The number of benzene rings is 2. The maximum atomic E-state index is 13.8. The van der Waals surface area contributed by atoms with Crippen LogP contribution < -0.4 is 0 Å². The van der Waals surface area contributed by atoms with Crippen LogP contribution >= 0.6 is 0 Å². The van der Waals surface area contributed by atoms with Crippen LogP contribution in [0.4, 0.5) is 22.4 Å². The number of ether oxygens (including phenoxy) is 1. The Bertz CT molecular complexity index is 940. The average molecular weight is 405 g/mol. The minimum atomic E-state index is -4.61. The van der Waals surface area contributed by atoms with Gasteiger partial charge >= 0.3 is 12.3 Å². The molecule has 2 heterocycles. The molecule has 2 aliphatic heterocycles. The van der Waals surface area contributed by atoms with E-state index in [1.807, 2.05) is 30.3 Å². The molecule has 3 nitrogen and oxygen atoms in total. The Hall–Kier alpha value is -2.83. The molecule has 1 saturated heterocycles.